The van der Waals surface area contributed by atoms with Gasteiger partial charge >= 0.3 is 11.8 Å². The summed E-state index contributed by atoms with van der Waals surface area (Å²) >= 11 is 5.87. The molecule has 1 aromatic rings. The number of hydrogen-bond acceptors (Lipinski definition) is 5. The average molecular weight is 341 g/mol. The Labute approximate surface area is 135 Å². The number of nitro benzene ring substituents is 1. The molecule has 9 nitrogen and oxygen atoms in total. The third-order valence-electron chi connectivity index (χ3n) is 3.35. The zero-order chi connectivity index (χ0) is 17.0. The van der Waals surface area contributed by atoms with Gasteiger partial charge in [0.25, 0.3) is 5.69 Å². The first kappa shape index (κ1) is 16.7. The normalized spacial score (nSPS) is 14.3. The van der Waals surface area contributed by atoms with Gasteiger partial charge < -0.3 is 15.1 Å². The fraction of sp³-hybridized carbons (Fsp3) is 0.308. The van der Waals surface area contributed by atoms with Gasteiger partial charge in [0.2, 0.25) is 6.41 Å². The molecule has 1 aliphatic heterocycles. The Bertz CT molecular complexity index is 658. The molecule has 0 aliphatic carbocycles. The Hall–Kier alpha value is -2.68. The lowest BCUT2D eigenvalue weighted by atomic mass is 10.2. The first-order valence-corrected chi connectivity index (χ1v) is 7.03. The van der Waals surface area contributed by atoms with E-state index in [-0.39, 0.29) is 29.5 Å². The molecule has 3 amide bonds. The molecule has 0 spiro atoms. The van der Waals surface area contributed by atoms with E-state index < -0.39 is 16.7 Å². The second-order valence-corrected chi connectivity index (χ2v) is 5.22. The van der Waals surface area contributed by atoms with Crippen LogP contribution in [-0.2, 0) is 14.4 Å². The molecule has 2 rings (SSSR count). The monoisotopic (exact) mass is 340 g/mol. The van der Waals surface area contributed by atoms with Crippen LogP contribution in [0.1, 0.15) is 0 Å². The van der Waals surface area contributed by atoms with Crippen molar-refractivity contribution in [3.8, 4) is 0 Å². The number of nitro groups is 1. The summed E-state index contributed by atoms with van der Waals surface area (Å²) in [7, 11) is 0. The summed E-state index contributed by atoms with van der Waals surface area (Å²) in [6.07, 6.45) is 0.685. The molecule has 1 saturated heterocycles. The van der Waals surface area contributed by atoms with E-state index >= 15 is 0 Å². The number of non-ortho nitro benzene ring substituents is 1. The molecule has 0 atom stereocenters. The van der Waals surface area contributed by atoms with Gasteiger partial charge in [0.15, 0.2) is 0 Å². The second kappa shape index (κ2) is 7.05. The minimum Gasteiger partial charge on any atom is -0.342 e. The van der Waals surface area contributed by atoms with Crippen molar-refractivity contribution in [2.75, 3.05) is 31.5 Å². The highest BCUT2D eigenvalue weighted by Gasteiger charge is 2.26. The maximum absolute atomic E-state index is 12.1. The van der Waals surface area contributed by atoms with Crippen LogP contribution in [0.25, 0.3) is 0 Å². The average Bonchev–Trinajstić information content (AvgIpc) is 2.56. The van der Waals surface area contributed by atoms with Gasteiger partial charge in [-0.15, -0.1) is 0 Å². The van der Waals surface area contributed by atoms with E-state index in [9.17, 15) is 24.5 Å². The van der Waals surface area contributed by atoms with Gasteiger partial charge in [0.05, 0.1) is 15.6 Å². The summed E-state index contributed by atoms with van der Waals surface area (Å²) in [6, 6.07) is 3.54. The van der Waals surface area contributed by atoms with Gasteiger partial charge in [0, 0.05) is 38.3 Å². The molecule has 1 aliphatic rings. The Morgan fingerprint density at radius 2 is 1.91 bits per heavy atom. The fourth-order valence-electron chi connectivity index (χ4n) is 2.07. The van der Waals surface area contributed by atoms with E-state index in [1.54, 1.807) is 0 Å². The van der Waals surface area contributed by atoms with Crippen LogP contribution in [-0.4, -0.2) is 59.1 Å². The number of hydrogen-bond donors (Lipinski definition) is 1. The molecule has 0 saturated carbocycles. The largest absolute Gasteiger partial charge is 0.342 e. The number of nitrogens with zero attached hydrogens (tertiary/aromatic N) is 3. The van der Waals surface area contributed by atoms with Crippen LogP contribution in [0.5, 0.6) is 0 Å². The third-order valence-corrected chi connectivity index (χ3v) is 3.68. The van der Waals surface area contributed by atoms with E-state index in [0.29, 0.717) is 19.5 Å². The molecule has 0 radical (unpaired) electrons. The van der Waals surface area contributed by atoms with Crippen molar-refractivity contribution < 1.29 is 19.3 Å². The van der Waals surface area contributed by atoms with Crippen molar-refractivity contribution in [1.82, 2.24) is 9.80 Å². The SMILES string of the molecule is O=CN1CCN(C(=O)C(=O)Nc2cc([N+](=O)[O-])ccc2Cl)CC1. The minimum atomic E-state index is -0.938. The van der Waals surface area contributed by atoms with E-state index in [1.807, 2.05) is 0 Å². The lowest BCUT2D eigenvalue weighted by molar-refractivity contribution is -0.384. The summed E-state index contributed by atoms with van der Waals surface area (Å²) in [5.41, 5.74) is -0.262. The first-order chi connectivity index (χ1) is 10.9. The van der Waals surface area contributed by atoms with Crippen LogP contribution >= 0.6 is 11.6 Å². The number of carbonyl (C=O) groups excluding carboxylic acids is 3. The maximum Gasteiger partial charge on any atom is 0.313 e. The van der Waals surface area contributed by atoms with Gasteiger partial charge in [-0.2, -0.15) is 0 Å². The lowest BCUT2D eigenvalue weighted by Gasteiger charge is -2.31. The van der Waals surface area contributed by atoms with Crippen LogP contribution in [0.4, 0.5) is 11.4 Å². The predicted octanol–water partition coefficient (Wildman–Crippen LogP) is 0.487. The molecule has 23 heavy (non-hydrogen) atoms. The zero-order valence-corrected chi connectivity index (χ0v) is 12.7. The van der Waals surface area contributed by atoms with Crippen LogP contribution in [0.3, 0.4) is 0 Å². The highest BCUT2D eigenvalue weighted by atomic mass is 35.5. The third kappa shape index (κ3) is 3.95. The molecule has 10 heteroatoms. The number of nitrogens with one attached hydrogen (secondary N) is 1. The molecule has 1 fully saturated rings. The summed E-state index contributed by atoms with van der Waals surface area (Å²) in [5, 5.41) is 13.1. The van der Waals surface area contributed by atoms with Crippen LogP contribution in [0.15, 0.2) is 18.2 Å². The van der Waals surface area contributed by atoms with Crippen molar-refractivity contribution in [2.45, 2.75) is 0 Å². The molecule has 0 aromatic heterocycles. The number of piperazine rings is 1. The summed E-state index contributed by atoms with van der Waals surface area (Å²) in [4.78, 5) is 47.6. The molecule has 1 N–H and O–H groups in total. The molecular formula is C13H13ClN4O5. The van der Waals surface area contributed by atoms with Crippen LogP contribution in [0.2, 0.25) is 5.02 Å². The van der Waals surface area contributed by atoms with E-state index in [2.05, 4.69) is 5.32 Å². The Balaban J connectivity index is 2.04. The van der Waals surface area contributed by atoms with Gasteiger partial charge in [-0.3, -0.25) is 24.5 Å². The summed E-state index contributed by atoms with van der Waals surface area (Å²) in [5.74, 6) is -1.72. The quantitative estimate of drug-likeness (QED) is 0.372. The standard InChI is InChI=1S/C13H13ClN4O5/c14-10-2-1-9(18(22)23)7-11(10)15-12(20)13(21)17-5-3-16(8-19)4-6-17/h1-2,7-8H,3-6H2,(H,15,20). The van der Waals surface area contributed by atoms with Crippen molar-refractivity contribution in [3.63, 3.8) is 0 Å². The van der Waals surface area contributed by atoms with Gasteiger partial charge in [-0.05, 0) is 6.07 Å². The van der Waals surface area contributed by atoms with Crippen molar-refractivity contribution in [1.29, 1.82) is 0 Å². The van der Waals surface area contributed by atoms with E-state index in [1.165, 1.54) is 21.9 Å². The van der Waals surface area contributed by atoms with Crippen molar-refractivity contribution >= 4 is 41.2 Å². The van der Waals surface area contributed by atoms with E-state index in [0.717, 1.165) is 6.07 Å². The van der Waals surface area contributed by atoms with Crippen molar-refractivity contribution in [2.24, 2.45) is 0 Å². The molecule has 0 unspecified atom stereocenters. The molecule has 1 heterocycles. The molecular weight excluding hydrogens is 328 g/mol. The van der Waals surface area contributed by atoms with Crippen LogP contribution in [0, 0.1) is 10.1 Å². The first-order valence-electron chi connectivity index (χ1n) is 6.66. The molecule has 1 aromatic carbocycles. The Kier molecular flexibility index (Phi) is 5.12. The topological polar surface area (TPSA) is 113 Å². The molecule has 0 bridgehead atoms. The predicted molar refractivity (Wildman–Crippen MR) is 81.0 cm³/mol. The van der Waals surface area contributed by atoms with Gasteiger partial charge in [-0.25, -0.2) is 0 Å². The summed E-state index contributed by atoms with van der Waals surface area (Å²) < 4.78 is 0. The van der Waals surface area contributed by atoms with Crippen molar-refractivity contribution in [3.05, 3.63) is 33.3 Å². The second-order valence-electron chi connectivity index (χ2n) is 4.81. The highest BCUT2D eigenvalue weighted by molar-refractivity contribution is 6.41. The lowest BCUT2D eigenvalue weighted by Crippen LogP contribution is -2.51. The Morgan fingerprint density at radius 3 is 2.48 bits per heavy atom. The number of halogens is 1. The fourth-order valence-corrected chi connectivity index (χ4v) is 2.24. The van der Waals surface area contributed by atoms with Gasteiger partial charge in [-0.1, -0.05) is 11.6 Å². The molecule has 122 valence electrons. The number of amides is 3. The zero-order valence-electron chi connectivity index (χ0n) is 11.9. The summed E-state index contributed by atoms with van der Waals surface area (Å²) in [6.45, 7) is 1.18. The highest BCUT2D eigenvalue weighted by Crippen LogP contribution is 2.26. The van der Waals surface area contributed by atoms with Gasteiger partial charge in [0.1, 0.15) is 0 Å². The minimum absolute atomic E-state index is 0.00857. The maximum atomic E-state index is 12.1. The number of benzene rings is 1. The van der Waals surface area contributed by atoms with E-state index in [4.69, 9.17) is 11.6 Å². The smallest absolute Gasteiger partial charge is 0.313 e. The number of carbonyl (C=O) groups is 3. The number of anilines is 1. The number of rotatable bonds is 3. The Morgan fingerprint density at radius 1 is 1.26 bits per heavy atom. The van der Waals surface area contributed by atoms with Crippen LogP contribution < -0.4 is 5.32 Å².